The molecule has 0 spiro atoms. The zero-order chi connectivity index (χ0) is 13.8. The average Bonchev–Trinajstić information content (AvgIpc) is 3.01. The quantitative estimate of drug-likeness (QED) is 0.910. The van der Waals surface area contributed by atoms with Crippen molar-refractivity contribution in [3.8, 4) is 0 Å². The number of nitrogens with one attached hydrogen (secondary N) is 1. The fourth-order valence-electron chi connectivity index (χ4n) is 3.14. The lowest BCUT2D eigenvalue weighted by molar-refractivity contribution is 0.270. The number of hydrogen-bond acceptors (Lipinski definition) is 5. The van der Waals surface area contributed by atoms with Crippen LogP contribution in [0.15, 0.2) is 12.3 Å². The van der Waals surface area contributed by atoms with Crippen LogP contribution in [0.3, 0.4) is 0 Å². The van der Waals surface area contributed by atoms with Crippen LogP contribution in [0.1, 0.15) is 32.6 Å². The summed E-state index contributed by atoms with van der Waals surface area (Å²) in [6.07, 6.45) is 7.05. The highest BCUT2D eigenvalue weighted by Gasteiger charge is 2.19. The molecule has 1 aliphatic carbocycles. The summed E-state index contributed by atoms with van der Waals surface area (Å²) < 4.78 is 0. The summed E-state index contributed by atoms with van der Waals surface area (Å²) in [5.41, 5.74) is 0. The lowest BCUT2D eigenvalue weighted by Crippen LogP contribution is -2.46. The molecule has 5 nitrogen and oxygen atoms in total. The second-order valence-corrected chi connectivity index (χ2v) is 5.79. The van der Waals surface area contributed by atoms with Crippen LogP contribution in [0.4, 0.5) is 11.8 Å². The number of nitrogens with zero attached hydrogens (tertiary/aromatic N) is 4. The van der Waals surface area contributed by atoms with Gasteiger partial charge in [0, 0.05) is 38.4 Å². The van der Waals surface area contributed by atoms with E-state index in [0.717, 1.165) is 44.5 Å². The molecule has 5 heteroatoms. The summed E-state index contributed by atoms with van der Waals surface area (Å²) >= 11 is 0. The maximum absolute atomic E-state index is 4.70. The molecule has 0 atom stereocenters. The maximum Gasteiger partial charge on any atom is 0.224 e. The van der Waals surface area contributed by atoms with Gasteiger partial charge in [0.15, 0.2) is 0 Å². The number of piperazine rings is 1. The highest BCUT2D eigenvalue weighted by Crippen LogP contribution is 2.21. The van der Waals surface area contributed by atoms with Crippen LogP contribution in [-0.4, -0.2) is 53.6 Å². The lowest BCUT2D eigenvalue weighted by atomic mass is 10.2. The van der Waals surface area contributed by atoms with Crippen molar-refractivity contribution in [1.29, 1.82) is 0 Å². The molecule has 1 N–H and O–H groups in total. The molecule has 1 aromatic rings. The predicted octanol–water partition coefficient (Wildman–Crippen LogP) is 1.97. The Bertz CT molecular complexity index is 422. The van der Waals surface area contributed by atoms with E-state index in [1.807, 2.05) is 12.3 Å². The third-order valence-electron chi connectivity index (χ3n) is 4.47. The Morgan fingerprint density at radius 3 is 2.65 bits per heavy atom. The van der Waals surface area contributed by atoms with Gasteiger partial charge in [0.05, 0.1) is 0 Å². The van der Waals surface area contributed by atoms with Gasteiger partial charge in [0.25, 0.3) is 0 Å². The van der Waals surface area contributed by atoms with Crippen molar-refractivity contribution in [1.82, 2.24) is 14.9 Å². The van der Waals surface area contributed by atoms with E-state index < -0.39 is 0 Å². The van der Waals surface area contributed by atoms with E-state index in [9.17, 15) is 0 Å². The zero-order valence-corrected chi connectivity index (χ0v) is 12.4. The second kappa shape index (κ2) is 6.39. The number of aromatic nitrogens is 2. The molecule has 1 saturated heterocycles. The average molecular weight is 275 g/mol. The molecule has 0 bridgehead atoms. The van der Waals surface area contributed by atoms with Gasteiger partial charge in [0.1, 0.15) is 5.82 Å². The maximum atomic E-state index is 4.70. The molecule has 110 valence electrons. The summed E-state index contributed by atoms with van der Waals surface area (Å²) in [7, 11) is 0. The van der Waals surface area contributed by atoms with Crippen LogP contribution in [-0.2, 0) is 0 Å². The molecule has 3 rings (SSSR count). The van der Waals surface area contributed by atoms with Gasteiger partial charge in [-0.3, -0.25) is 0 Å². The van der Waals surface area contributed by atoms with Gasteiger partial charge >= 0.3 is 0 Å². The molecule has 2 fully saturated rings. The van der Waals surface area contributed by atoms with Crippen LogP contribution < -0.4 is 10.2 Å². The van der Waals surface area contributed by atoms with E-state index in [4.69, 9.17) is 4.98 Å². The molecule has 20 heavy (non-hydrogen) atoms. The number of likely N-dealkylation sites (N-methyl/N-ethyl adjacent to an activating group) is 1. The van der Waals surface area contributed by atoms with Gasteiger partial charge in [-0.1, -0.05) is 19.8 Å². The zero-order valence-electron chi connectivity index (χ0n) is 12.4. The smallest absolute Gasteiger partial charge is 0.224 e. The molecule has 0 radical (unpaired) electrons. The van der Waals surface area contributed by atoms with Crippen molar-refractivity contribution >= 4 is 11.8 Å². The summed E-state index contributed by atoms with van der Waals surface area (Å²) in [6, 6.07) is 2.60. The molecule has 0 amide bonds. The SMILES string of the molecule is CCN1CCN(c2ccnc(NC3CCCC3)n2)CC1. The Labute approximate surface area is 121 Å². The molecular weight excluding hydrogens is 250 g/mol. The molecular formula is C15H25N5. The van der Waals surface area contributed by atoms with Crippen molar-refractivity contribution in [3.63, 3.8) is 0 Å². The first-order valence-electron chi connectivity index (χ1n) is 7.92. The van der Waals surface area contributed by atoms with Gasteiger partial charge in [-0.15, -0.1) is 0 Å². The molecule has 1 aromatic heterocycles. The van der Waals surface area contributed by atoms with E-state index in [1.165, 1.54) is 25.7 Å². The lowest BCUT2D eigenvalue weighted by Gasteiger charge is -2.34. The molecule has 0 unspecified atom stereocenters. The van der Waals surface area contributed by atoms with Crippen LogP contribution in [0.2, 0.25) is 0 Å². The minimum Gasteiger partial charge on any atom is -0.354 e. The minimum atomic E-state index is 0.571. The molecule has 2 heterocycles. The Morgan fingerprint density at radius 2 is 1.95 bits per heavy atom. The van der Waals surface area contributed by atoms with Crippen LogP contribution in [0.25, 0.3) is 0 Å². The van der Waals surface area contributed by atoms with Gasteiger partial charge in [-0.2, -0.15) is 4.98 Å². The van der Waals surface area contributed by atoms with Crippen molar-refractivity contribution in [2.75, 3.05) is 42.9 Å². The first kappa shape index (κ1) is 13.6. The standard InChI is InChI=1S/C15H25N5/c1-2-19-9-11-20(12-10-19)14-7-8-16-15(18-14)17-13-5-3-4-6-13/h7-8,13H,2-6,9-12H2,1H3,(H,16,17,18). The van der Waals surface area contributed by atoms with E-state index in [0.29, 0.717) is 6.04 Å². The summed E-state index contributed by atoms with van der Waals surface area (Å²) in [6.45, 7) is 7.76. The van der Waals surface area contributed by atoms with E-state index in [2.05, 4.69) is 27.0 Å². The summed E-state index contributed by atoms with van der Waals surface area (Å²) in [5, 5.41) is 3.48. The largest absolute Gasteiger partial charge is 0.354 e. The van der Waals surface area contributed by atoms with Gasteiger partial charge < -0.3 is 15.1 Å². The van der Waals surface area contributed by atoms with Crippen molar-refractivity contribution in [3.05, 3.63) is 12.3 Å². The molecule has 0 aromatic carbocycles. The van der Waals surface area contributed by atoms with Crippen LogP contribution >= 0.6 is 0 Å². The van der Waals surface area contributed by atoms with Crippen molar-refractivity contribution in [2.24, 2.45) is 0 Å². The highest BCUT2D eigenvalue weighted by molar-refractivity contribution is 5.43. The number of anilines is 2. The predicted molar refractivity (Wildman–Crippen MR) is 82.2 cm³/mol. The normalized spacial score (nSPS) is 21.4. The molecule has 1 aliphatic heterocycles. The third-order valence-corrected chi connectivity index (χ3v) is 4.47. The Hall–Kier alpha value is -1.36. The van der Waals surface area contributed by atoms with E-state index in [1.54, 1.807) is 0 Å². The van der Waals surface area contributed by atoms with Crippen molar-refractivity contribution in [2.45, 2.75) is 38.6 Å². The van der Waals surface area contributed by atoms with Gasteiger partial charge in [0.2, 0.25) is 5.95 Å². The summed E-state index contributed by atoms with van der Waals surface area (Å²) in [4.78, 5) is 13.9. The topological polar surface area (TPSA) is 44.3 Å². The molecule has 1 saturated carbocycles. The summed E-state index contributed by atoms with van der Waals surface area (Å²) in [5.74, 6) is 1.86. The first-order chi connectivity index (χ1) is 9.85. The van der Waals surface area contributed by atoms with Crippen LogP contribution in [0.5, 0.6) is 0 Å². The number of rotatable bonds is 4. The van der Waals surface area contributed by atoms with Crippen molar-refractivity contribution < 1.29 is 0 Å². The molecule has 2 aliphatic rings. The third kappa shape index (κ3) is 3.20. The monoisotopic (exact) mass is 275 g/mol. The first-order valence-corrected chi connectivity index (χ1v) is 7.92. The van der Waals surface area contributed by atoms with Crippen LogP contribution in [0, 0.1) is 0 Å². The van der Waals surface area contributed by atoms with E-state index in [-0.39, 0.29) is 0 Å². The Kier molecular flexibility index (Phi) is 4.35. The minimum absolute atomic E-state index is 0.571. The van der Waals surface area contributed by atoms with E-state index >= 15 is 0 Å². The highest BCUT2D eigenvalue weighted by atomic mass is 15.3. The Balaban J connectivity index is 1.62. The fraction of sp³-hybridized carbons (Fsp3) is 0.733. The number of hydrogen-bond donors (Lipinski definition) is 1. The van der Waals surface area contributed by atoms with Gasteiger partial charge in [-0.05, 0) is 25.5 Å². The Morgan fingerprint density at radius 1 is 1.20 bits per heavy atom. The second-order valence-electron chi connectivity index (χ2n) is 5.79. The van der Waals surface area contributed by atoms with Gasteiger partial charge in [-0.25, -0.2) is 4.98 Å². The fourth-order valence-corrected chi connectivity index (χ4v) is 3.14.